The first-order valence-electron chi connectivity index (χ1n) is 9.05. The Balaban J connectivity index is 1.66. The van der Waals surface area contributed by atoms with E-state index in [1.807, 2.05) is 0 Å². The maximum absolute atomic E-state index is 12.8. The molecule has 2 aromatic heterocycles. The van der Waals surface area contributed by atoms with Crippen LogP contribution in [0.1, 0.15) is 22.8 Å². The zero-order chi connectivity index (χ0) is 21.2. The van der Waals surface area contributed by atoms with Gasteiger partial charge in [0.05, 0.1) is 5.56 Å². The average Bonchev–Trinajstić information content (AvgIpc) is 2.68. The minimum absolute atomic E-state index is 0.0624. The van der Waals surface area contributed by atoms with Gasteiger partial charge in [-0.15, -0.1) is 0 Å². The largest absolute Gasteiger partial charge is 0.419 e. The standard InChI is InChI=1S/C18H21F3N6O2/c1-12(22)11-27-4-2-3-14(16(27)29)15(28)25-5-7-26(8-6-25)17-23-9-13(10-24-17)18(19,20)21/h2-4,9-10,12H,5-8,11,22H2,1H3/t12-/m0/s1. The van der Waals surface area contributed by atoms with Crippen LogP contribution in [0.3, 0.4) is 0 Å². The molecule has 11 heteroatoms. The first-order valence-corrected chi connectivity index (χ1v) is 9.05. The number of nitrogens with zero attached hydrogens (tertiary/aromatic N) is 5. The summed E-state index contributed by atoms with van der Waals surface area (Å²) in [6, 6.07) is 2.88. The second kappa shape index (κ2) is 8.19. The highest BCUT2D eigenvalue weighted by Gasteiger charge is 2.32. The van der Waals surface area contributed by atoms with Gasteiger partial charge in [-0.25, -0.2) is 9.97 Å². The summed E-state index contributed by atoms with van der Waals surface area (Å²) < 4.78 is 39.3. The van der Waals surface area contributed by atoms with Gasteiger partial charge in [0.15, 0.2) is 0 Å². The van der Waals surface area contributed by atoms with Gasteiger partial charge >= 0.3 is 6.18 Å². The highest BCUT2D eigenvalue weighted by molar-refractivity contribution is 5.94. The van der Waals surface area contributed by atoms with Crippen LogP contribution in [0.5, 0.6) is 0 Å². The van der Waals surface area contributed by atoms with Crippen molar-refractivity contribution in [3.63, 3.8) is 0 Å². The summed E-state index contributed by atoms with van der Waals surface area (Å²) in [5.74, 6) is -0.217. The van der Waals surface area contributed by atoms with Crippen LogP contribution in [-0.2, 0) is 12.7 Å². The molecular weight excluding hydrogens is 389 g/mol. The lowest BCUT2D eigenvalue weighted by Crippen LogP contribution is -2.50. The molecule has 2 aromatic rings. The van der Waals surface area contributed by atoms with Crippen LogP contribution in [-0.4, -0.2) is 57.6 Å². The van der Waals surface area contributed by atoms with Crippen LogP contribution >= 0.6 is 0 Å². The molecular formula is C18H21F3N6O2. The lowest BCUT2D eigenvalue weighted by Gasteiger charge is -2.34. The van der Waals surface area contributed by atoms with E-state index in [1.165, 1.54) is 15.5 Å². The highest BCUT2D eigenvalue weighted by atomic mass is 19.4. The molecule has 0 radical (unpaired) electrons. The molecule has 1 fully saturated rings. The molecule has 0 aliphatic carbocycles. The van der Waals surface area contributed by atoms with Crippen molar-refractivity contribution in [1.29, 1.82) is 0 Å². The SMILES string of the molecule is C[C@H](N)Cn1cccc(C(=O)N2CCN(c3ncc(C(F)(F)F)cn3)CC2)c1=O. The molecule has 0 unspecified atom stereocenters. The summed E-state index contributed by atoms with van der Waals surface area (Å²) in [6.45, 7) is 3.36. The monoisotopic (exact) mass is 410 g/mol. The number of alkyl halides is 3. The number of rotatable bonds is 4. The van der Waals surface area contributed by atoms with Crippen molar-refractivity contribution in [2.45, 2.75) is 25.7 Å². The second-order valence-electron chi connectivity index (χ2n) is 6.91. The van der Waals surface area contributed by atoms with E-state index in [0.717, 1.165) is 12.4 Å². The van der Waals surface area contributed by atoms with E-state index in [4.69, 9.17) is 5.73 Å². The fourth-order valence-corrected chi connectivity index (χ4v) is 3.06. The van der Waals surface area contributed by atoms with Crippen molar-refractivity contribution in [3.8, 4) is 0 Å². The smallest absolute Gasteiger partial charge is 0.337 e. The normalized spacial score (nSPS) is 16.0. The van der Waals surface area contributed by atoms with Crippen LogP contribution in [0.15, 0.2) is 35.5 Å². The molecule has 1 atom stereocenters. The molecule has 29 heavy (non-hydrogen) atoms. The Morgan fingerprint density at radius 3 is 2.38 bits per heavy atom. The quantitative estimate of drug-likeness (QED) is 0.807. The predicted octanol–water partition coefficient (Wildman–Crippen LogP) is 0.967. The zero-order valence-electron chi connectivity index (χ0n) is 15.8. The maximum atomic E-state index is 12.8. The number of nitrogens with two attached hydrogens (primary N) is 1. The Morgan fingerprint density at radius 1 is 1.21 bits per heavy atom. The van der Waals surface area contributed by atoms with Gasteiger partial charge in [0.1, 0.15) is 5.56 Å². The summed E-state index contributed by atoms with van der Waals surface area (Å²) >= 11 is 0. The average molecular weight is 410 g/mol. The Bertz CT molecular complexity index is 918. The third-order valence-corrected chi connectivity index (χ3v) is 4.55. The Morgan fingerprint density at radius 2 is 1.83 bits per heavy atom. The molecule has 1 aliphatic rings. The van der Waals surface area contributed by atoms with Gasteiger partial charge in [-0.3, -0.25) is 9.59 Å². The van der Waals surface area contributed by atoms with Crippen molar-refractivity contribution >= 4 is 11.9 Å². The molecule has 3 heterocycles. The second-order valence-corrected chi connectivity index (χ2v) is 6.91. The number of hydrogen-bond acceptors (Lipinski definition) is 6. The van der Waals surface area contributed by atoms with Gasteiger partial charge in [-0.05, 0) is 19.1 Å². The molecule has 156 valence electrons. The molecule has 0 bridgehead atoms. The Labute approximate surface area is 164 Å². The summed E-state index contributed by atoms with van der Waals surface area (Å²) in [5, 5.41) is 0. The number of halogens is 3. The number of pyridine rings is 1. The van der Waals surface area contributed by atoms with Crippen LogP contribution in [0.2, 0.25) is 0 Å². The van der Waals surface area contributed by atoms with E-state index in [-0.39, 0.29) is 23.5 Å². The molecule has 0 saturated carbocycles. The summed E-state index contributed by atoms with van der Waals surface area (Å²) in [4.78, 5) is 36.1. The first-order chi connectivity index (χ1) is 13.7. The lowest BCUT2D eigenvalue weighted by molar-refractivity contribution is -0.138. The number of hydrogen-bond donors (Lipinski definition) is 1. The maximum Gasteiger partial charge on any atom is 0.419 e. The van der Waals surface area contributed by atoms with Crippen LogP contribution in [0.4, 0.5) is 19.1 Å². The molecule has 1 aliphatic heterocycles. The fourth-order valence-electron chi connectivity index (χ4n) is 3.06. The first kappa shape index (κ1) is 20.8. The van der Waals surface area contributed by atoms with Crippen molar-refractivity contribution in [1.82, 2.24) is 19.4 Å². The third-order valence-electron chi connectivity index (χ3n) is 4.55. The van der Waals surface area contributed by atoms with Gasteiger partial charge < -0.3 is 20.1 Å². The number of aromatic nitrogens is 3. The number of piperazine rings is 1. The zero-order valence-corrected chi connectivity index (χ0v) is 15.8. The molecule has 2 N–H and O–H groups in total. The molecule has 0 aromatic carbocycles. The number of carbonyl (C=O) groups is 1. The van der Waals surface area contributed by atoms with Crippen LogP contribution in [0.25, 0.3) is 0 Å². The molecule has 1 amide bonds. The van der Waals surface area contributed by atoms with Crippen LogP contribution < -0.4 is 16.2 Å². The fraction of sp³-hybridized carbons (Fsp3) is 0.444. The van der Waals surface area contributed by atoms with E-state index in [0.29, 0.717) is 32.7 Å². The van der Waals surface area contributed by atoms with E-state index < -0.39 is 17.3 Å². The molecule has 1 saturated heterocycles. The summed E-state index contributed by atoms with van der Waals surface area (Å²) in [6.07, 6.45) is -1.42. The molecule has 3 rings (SSSR count). The molecule has 0 spiro atoms. The van der Waals surface area contributed by atoms with Crippen molar-refractivity contribution in [2.75, 3.05) is 31.1 Å². The van der Waals surface area contributed by atoms with Crippen molar-refractivity contribution < 1.29 is 18.0 Å². The van der Waals surface area contributed by atoms with Gasteiger partial charge in [-0.2, -0.15) is 13.2 Å². The molecule has 8 nitrogen and oxygen atoms in total. The minimum Gasteiger partial charge on any atom is -0.337 e. The van der Waals surface area contributed by atoms with Crippen molar-refractivity contribution in [3.05, 3.63) is 52.2 Å². The summed E-state index contributed by atoms with van der Waals surface area (Å²) in [5.41, 5.74) is 4.48. The van der Waals surface area contributed by atoms with Gasteiger partial charge in [-0.1, -0.05) is 0 Å². The Kier molecular flexibility index (Phi) is 5.87. The Hall–Kier alpha value is -2.95. The van der Waals surface area contributed by atoms with E-state index in [1.54, 1.807) is 24.1 Å². The number of amides is 1. The van der Waals surface area contributed by atoms with Gasteiger partial charge in [0.25, 0.3) is 11.5 Å². The van der Waals surface area contributed by atoms with Gasteiger partial charge in [0, 0.05) is 57.4 Å². The number of anilines is 1. The minimum atomic E-state index is -4.49. The van der Waals surface area contributed by atoms with E-state index in [9.17, 15) is 22.8 Å². The third kappa shape index (κ3) is 4.73. The highest BCUT2D eigenvalue weighted by Crippen LogP contribution is 2.28. The topological polar surface area (TPSA) is 97.3 Å². The number of carbonyl (C=O) groups excluding carboxylic acids is 1. The lowest BCUT2D eigenvalue weighted by atomic mass is 10.2. The van der Waals surface area contributed by atoms with Crippen molar-refractivity contribution in [2.24, 2.45) is 5.73 Å². The van der Waals surface area contributed by atoms with Gasteiger partial charge in [0.2, 0.25) is 5.95 Å². The van der Waals surface area contributed by atoms with E-state index in [2.05, 4.69) is 9.97 Å². The van der Waals surface area contributed by atoms with E-state index >= 15 is 0 Å². The predicted molar refractivity (Wildman–Crippen MR) is 99.5 cm³/mol. The van der Waals surface area contributed by atoms with Crippen LogP contribution in [0, 0.1) is 0 Å². The summed E-state index contributed by atoms with van der Waals surface area (Å²) in [7, 11) is 0.